The van der Waals surface area contributed by atoms with Crippen LogP contribution in [0.5, 0.6) is 29.1 Å². The summed E-state index contributed by atoms with van der Waals surface area (Å²) in [5.41, 5.74) is 0. The maximum absolute atomic E-state index is 12.1. The molecule has 0 radical (unpaired) electrons. The number of rotatable bonds is 11. The zero-order valence-electron chi connectivity index (χ0n) is 19.2. The Hall–Kier alpha value is -4.59. The van der Waals surface area contributed by atoms with Crippen LogP contribution in [0.25, 0.3) is 11.6 Å². The minimum atomic E-state index is -3.77. The van der Waals surface area contributed by atoms with Crippen LogP contribution in [0.1, 0.15) is 0 Å². The number of methoxy groups -OCH3 is 1. The lowest BCUT2D eigenvalue weighted by molar-refractivity contribution is 0.197. The van der Waals surface area contributed by atoms with Crippen LogP contribution in [0.3, 0.4) is 0 Å². The first kappa shape index (κ1) is 24.5. The van der Waals surface area contributed by atoms with E-state index in [9.17, 15) is 8.42 Å². The fraction of sp³-hybridized carbons (Fsp3) is 0.182. The first-order valence-corrected chi connectivity index (χ1v) is 12.3. The van der Waals surface area contributed by atoms with Crippen molar-refractivity contribution in [2.75, 3.05) is 31.3 Å². The molecular formula is C22H21N7O6S. The molecular weight excluding hydrogens is 490 g/mol. The lowest BCUT2D eigenvalue weighted by Crippen LogP contribution is -2.16. The number of hydrogen-bond acceptors (Lipinski definition) is 12. The van der Waals surface area contributed by atoms with E-state index in [1.165, 1.54) is 19.5 Å². The Labute approximate surface area is 206 Å². The number of hydrogen-bond donors (Lipinski definition) is 1. The molecule has 3 heterocycles. The van der Waals surface area contributed by atoms with Gasteiger partial charge in [0.15, 0.2) is 23.1 Å². The van der Waals surface area contributed by atoms with Gasteiger partial charge in [-0.25, -0.2) is 33.3 Å². The zero-order valence-corrected chi connectivity index (χ0v) is 20.0. The van der Waals surface area contributed by atoms with Gasteiger partial charge < -0.3 is 18.9 Å². The number of nitrogens with zero attached hydrogens (tertiary/aromatic N) is 6. The molecule has 3 aromatic heterocycles. The van der Waals surface area contributed by atoms with Crippen molar-refractivity contribution in [1.29, 1.82) is 0 Å². The average molecular weight is 512 g/mol. The number of ether oxygens (including phenoxy) is 4. The van der Waals surface area contributed by atoms with E-state index in [2.05, 4.69) is 34.6 Å². The van der Waals surface area contributed by atoms with Gasteiger partial charge in [0, 0.05) is 24.8 Å². The summed E-state index contributed by atoms with van der Waals surface area (Å²) in [6.07, 6.45) is 7.07. The van der Waals surface area contributed by atoms with Gasteiger partial charge in [-0.2, -0.15) is 4.98 Å². The van der Waals surface area contributed by atoms with Crippen LogP contribution in [0, 0.1) is 0 Å². The van der Waals surface area contributed by atoms with Gasteiger partial charge in [0.2, 0.25) is 21.6 Å². The van der Waals surface area contributed by atoms with E-state index in [1.807, 2.05) is 0 Å². The van der Waals surface area contributed by atoms with E-state index >= 15 is 0 Å². The van der Waals surface area contributed by atoms with Crippen LogP contribution in [0.4, 0.5) is 5.82 Å². The van der Waals surface area contributed by atoms with Crippen molar-refractivity contribution in [2.45, 2.75) is 0 Å². The summed E-state index contributed by atoms with van der Waals surface area (Å²) in [5.74, 6) is 0.482. The number of anilines is 1. The molecule has 0 aliphatic heterocycles. The van der Waals surface area contributed by atoms with Crippen molar-refractivity contribution in [3.63, 3.8) is 0 Å². The van der Waals surface area contributed by atoms with Crippen LogP contribution in [0.2, 0.25) is 0 Å². The fourth-order valence-electron chi connectivity index (χ4n) is 2.82. The first-order chi connectivity index (χ1) is 17.4. The van der Waals surface area contributed by atoms with Gasteiger partial charge in [0.1, 0.15) is 13.2 Å². The van der Waals surface area contributed by atoms with Crippen molar-refractivity contribution >= 4 is 15.8 Å². The van der Waals surface area contributed by atoms with Crippen LogP contribution >= 0.6 is 0 Å². The smallest absolute Gasteiger partial charge is 0.316 e. The van der Waals surface area contributed by atoms with Gasteiger partial charge in [-0.1, -0.05) is 12.1 Å². The number of para-hydroxylation sites is 2. The standard InChI is InChI=1S/C22H21N7O6S/c1-32-15-7-3-4-8-16(15)35-17-18(29-36(2,30)31)27-20(19-23-9-5-10-24-19)28-21(17)33-13-14-34-22-25-11-6-12-26-22/h3-12H,13-14H2,1-2H3,(H,27,28,29). The third-order valence-electron chi connectivity index (χ3n) is 4.26. The largest absolute Gasteiger partial charge is 0.493 e. The van der Waals surface area contributed by atoms with Crippen molar-refractivity contribution in [3.8, 4) is 40.8 Å². The minimum absolute atomic E-state index is 0.00897. The van der Waals surface area contributed by atoms with Gasteiger partial charge >= 0.3 is 6.01 Å². The molecule has 0 aliphatic carbocycles. The molecule has 0 fully saturated rings. The van der Waals surface area contributed by atoms with Crippen molar-refractivity contribution in [1.82, 2.24) is 29.9 Å². The summed E-state index contributed by atoms with van der Waals surface area (Å²) >= 11 is 0. The number of sulfonamides is 1. The molecule has 0 saturated heterocycles. The SMILES string of the molecule is COc1ccccc1Oc1c(NS(C)(=O)=O)nc(-c2ncccn2)nc1OCCOc1ncccn1. The van der Waals surface area contributed by atoms with Crippen LogP contribution in [-0.2, 0) is 10.0 Å². The first-order valence-electron chi connectivity index (χ1n) is 10.4. The molecule has 0 aliphatic rings. The van der Waals surface area contributed by atoms with Crippen molar-refractivity contribution < 1.29 is 27.4 Å². The minimum Gasteiger partial charge on any atom is -0.493 e. The molecule has 0 spiro atoms. The Morgan fingerprint density at radius 2 is 1.44 bits per heavy atom. The average Bonchev–Trinajstić information content (AvgIpc) is 2.88. The third-order valence-corrected chi connectivity index (χ3v) is 4.82. The molecule has 0 bridgehead atoms. The quantitative estimate of drug-likeness (QED) is 0.293. The highest BCUT2D eigenvalue weighted by molar-refractivity contribution is 7.92. The monoisotopic (exact) mass is 511 g/mol. The summed E-state index contributed by atoms with van der Waals surface area (Å²) in [5, 5.41) is 0. The van der Waals surface area contributed by atoms with Crippen LogP contribution < -0.4 is 23.7 Å². The highest BCUT2D eigenvalue weighted by atomic mass is 32.2. The summed E-state index contributed by atoms with van der Waals surface area (Å²) < 4.78 is 49.3. The molecule has 0 atom stereocenters. The van der Waals surface area contributed by atoms with Crippen molar-refractivity contribution in [3.05, 3.63) is 61.2 Å². The van der Waals surface area contributed by atoms with Crippen LogP contribution in [0.15, 0.2) is 61.2 Å². The Balaban J connectivity index is 1.73. The molecule has 14 heteroatoms. The maximum atomic E-state index is 12.1. The van der Waals surface area contributed by atoms with Gasteiger partial charge in [0.05, 0.1) is 13.4 Å². The lowest BCUT2D eigenvalue weighted by atomic mass is 10.3. The predicted octanol–water partition coefficient (Wildman–Crippen LogP) is 2.35. The molecule has 1 N–H and O–H groups in total. The summed E-state index contributed by atoms with van der Waals surface area (Å²) in [6.45, 7) is 0.0546. The molecule has 13 nitrogen and oxygen atoms in total. The van der Waals surface area contributed by atoms with Gasteiger partial charge in [-0.3, -0.25) is 4.72 Å². The third kappa shape index (κ3) is 6.50. The Morgan fingerprint density at radius 3 is 2.11 bits per heavy atom. The molecule has 0 amide bonds. The van der Waals surface area contributed by atoms with Crippen LogP contribution in [-0.4, -0.2) is 64.9 Å². The van der Waals surface area contributed by atoms with E-state index in [4.69, 9.17) is 18.9 Å². The summed E-state index contributed by atoms with van der Waals surface area (Å²) in [7, 11) is -2.30. The zero-order chi connectivity index (χ0) is 25.4. The topological polar surface area (TPSA) is 160 Å². The normalized spacial score (nSPS) is 10.9. The number of aromatic nitrogens is 6. The highest BCUT2D eigenvalue weighted by Gasteiger charge is 2.23. The van der Waals surface area contributed by atoms with E-state index in [-0.39, 0.29) is 54.1 Å². The maximum Gasteiger partial charge on any atom is 0.316 e. The summed E-state index contributed by atoms with van der Waals surface area (Å²) in [6, 6.07) is 10.3. The molecule has 36 heavy (non-hydrogen) atoms. The van der Waals surface area contributed by atoms with Gasteiger partial charge in [0.25, 0.3) is 5.88 Å². The second-order valence-corrected chi connectivity index (χ2v) is 8.71. The second-order valence-electron chi connectivity index (χ2n) is 6.96. The van der Waals surface area contributed by atoms with E-state index in [1.54, 1.807) is 48.8 Å². The second kappa shape index (κ2) is 11.2. The van der Waals surface area contributed by atoms with Crippen molar-refractivity contribution in [2.24, 2.45) is 0 Å². The van der Waals surface area contributed by atoms with E-state index in [0.29, 0.717) is 5.75 Å². The van der Waals surface area contributed by atoms with E-state index in [0.717, 1.165) is 6.26 Å². The molecule has 1 aromatic carbocycles. The predicted molar refractivity (Wildman–Crippen MR) is 128 cm³/mol. The Morgan fingerprint density at radius 1 is 0.806 bits per heavy atom. The van der Waals surface area contributed by atoms with E-state index < -0.39 is 10.0 Å². The molecule has 0 saturated carbocycles. The van der Waals surface area contributed by atoms with Gasteiger partial charge in [-0.15, -0.1) is 0 Å². The number of benzene rings is 1. The molecule has 186 valence electrons. The Kier molecular flexibility index (Phi) is 7.65. The fourth-order valence-corrected chi connectivity index (χ4v) is 3.31. The highest BCUT2D eigenvalue weighted by Crippen LogP contribution is 2.40. The van der Waals surface area contributed by atoms with Gasteiger partial charge in [-0.05, 0) is 24.3 Å². The number of nitrogens with one attached hydrogen (secondary N) is 1. The Bertz CT molecular complexity index is 1410. The summed E-state index contributed by atoms with van der Waals surface area (Å²) in [4.78, 5) is 24.9. The lowest BCUT2D eigenvalue weighted by Gasteiger charge is -2.17. The molecule has 0 unspecified atom stereocenters. The molecule has 4 aromatic rings. The molecule has 4 rings (SSSR count).